The maximum atomic E-state index is 9.97. The van der Waals surface area contributed by atoms with E-state index in [1.165, 1.54) is 5.56 Å². The molecule has 0 spiro atoms. The van der Waals surface area contributed by atoms with E-state index in [9.17, 15) is 5.11 Å². The second-order valence-corrected chi connectivity index (χ2v) is 4.23. The highest BCUT2D eigenvalue weighted by molar-refractivity contribution is 5.24. The number of hydrogen-bond donors (Lipinski definition) is 1. The van der Waals surface area contributed by atoms with E-state index in [4.69, 9.17) is 4.74 Å². The molecule has 0 aliphatic heterocycles. The predicted octanol–water partition coefficient (Wildman–Crippen LogP) is 3.10. The number of aliphatic hydroxyl groups is 1. The van der Waals surface area contributed by atoms with Crippen LogP contribution in [0.5, 0.6) is 0 Å². The molecule has 0 aliphatic rings. The maximum Gasteiger partial charge on any atom is 0.0791 e. The highest BCUT2D eigenvalue weighted by Crippen LogP contribution is 2.20. The Morgan fingerprint density at radius 1 is 1.19 bits per heavy atom. The zero-order chi connectivity index (χ0) is 12.0. The van der Waals surface area contributed by atoms with Gasteiger partial charge < -0.3 is 9.84 Å². The minimum atomic E-state index is -0.372. The molecule has 16 heavy (non-hydrogen) atoms. The molecule has 0 amide bonds. The van der Waals surface area contributed by atoms with Crippen LogP contribution in [0.25, 0.3) is 0 Å². The SMILES string of the molecule is CCc1ccc(C(O)CCC(C)OC)cc1. The Balaban J connectivity index is 2.49. The predicted molar refractivity (Wildman–Crippen MR) is 66.5 cm³/mol. The molecular weight excluding hydrogens is 200 g/mol. The summed E-state index contributed by atoms with van der Waals surface area (Å²) in [7, 11) is 1.70. The molecule has 0 aliphatic carbocycles. The van der Waals surface area contributed by atoms with E-state index in [1.807, 2.05) is 19.1 Å². The number of ether oxygens (including phenoxy) is 1. The molecule has 0 fully saturated rings. The largest absolute Gasteiger partial charge is 0.388 e. The first-order valence-electron chi connectivity index (χ1n) is 5.97. The van der Waals surface area contributed by atoms with Crippen molar-refractivity contribution in [3.8, 4) is 0 Å². The molecule has 2 heteroatoms. The smallest absolute Gasteiger partial charge is 0.0791 e. The van der Waals surface area contributed by atoms with Crippen molar-refractivity contribution in [2.75, 3.05) is 7.11 Å². The Morgan fingerprint density at radius 2 is 1.81 bits per heavy atom. The number of methoxy groups -OCH3 is 1. The van der Waals surface area contributed by atoms with Crippen LogP contribution in [-0.4, -0.2) is 18.3 Å². The topological polar surface area (TPSA) is 29.5 Å². The molecule has 0 radical (unpaired) electrons. The number of rotatable bonds is 6. The molecule has 90 valence electrons. The van der Waals surface area contributed by atoms with Gasteiger partial charge in [-0.05, 0) is 37.3 Å². The third-order valence-corrected chi connectivity index (χ3v) is 3.02. The van der Waals surface area contributed by atoms with Crippen molar-refractivity contribution in [3.05, 3.63) is 35.4 Å². The number of hydrogen-bond acceptors (Lipinski definition) is 2. The fraction of sp³-hybridized carbons (Fsp3) is 0.571. The lowest BCUT2D eigenvalue weighted by atomic mass is 10.0. The third-order valence-electron chi connectivity index (χ3n) is 3.02. The van der Waals surface area contributed by atoms with Gasteiger partial charge in [0.05, 0.1) is 12.2 Å². The van der Waals surface area contributed by atoms with Gasteiger partial charge in [0, 0.05) is 7.11 Å². The van der Waals surface area contributed by atoms with Crippen molar-refractivity contribution in [2.45, 2.75) is 45.3 Å². The van der Waals surface area contributed by atoms with Crippen LogP contribution in [0.15, 0.2) is 24.3 Å². The van der Waals surface area contributed by atoms with Crippen LogP contribution < -0.4 is 0 Å². The second-order valence-electron chi connectivity index (χ2n) is 4.23. The van der Waals surface area contributed by atoms with Crippen LogP contribution in [0.3, 0.4) is 0 Å². The average Bonchev–Trinajstić information content (AvgIpc) is 2.35. The van der Waals surface area contributed by atoms with Crippen molar-refractivity contribution in [3.63, 3.8) is 0 Å². The van der Waals surface area contributed by atoms with Crippen LogP contribution in [-0.2, 0) is 11.2 Å². The minimum absolute atomic E-state index is 0.213. The van der Waals surface area contributed by atoms with Crippen molar-refractivity contribution >= 4 is 0 Å². The number of benzene rings is 1. The Morgan fingerprint density at radius 3 is 2.31 bits per heavy atom. The van der Waals surface area contributed by atoms with Gasteiger partial charge in [0.1, 0.15) is 0 Å². The third kappa shape index (κ3) is 3.95. The van der Waals surface area contributed by atoms with Crippen LogP contribution in [0, 0.1) is 0 Å². The molecule has 0 bridgehead atoms. The molecule has 2 unspecified atom stereocenters. The monoisotopic (exact) mass is 222 g/mol. The van der Waals surface area contributed by atoms with Crippen LogP contribution >= 0.6 is 0 Å². The molecule has 0 saturated heterocycles. The Hall–Kier alpha value is -0.860. The summed E-state index contributed by atoms with van der Waals surface area (Å²) >= 11 is 0. The van der Waals surface area contributed by atoms with Gasteiger partial charge in [-0.25, -0.2) is 0 Å². The minimum Gasteiger partial charge on any atom is -0.388 e. The van der Waals surface area contributed by atoms with Crippen molar-refractivity contribution in [1.29, 1.82) is 0 Å². The van der Waals surface area contributed by atoms with E-state index >= 15 is 0 Å². The zero-order valence-corrected chi connectivity index (χ0v) is 10.4. The highest BCUT2D eigenvalue weighted by atomic mass is 16.5. The van der Waals surface area contributed by atoms with Gasteiger partial charge in [-0.15, -0.1) is 0 Å². The van der Waals surface area contributed by atoms with E-state index in [2.05, 4.69) is 19.1 Å². The lowest BCUT2D eigenvalue weighted by molar-refractivity contribution is 0.0851. The van der Waals surface area contributed by atoms with Gasteiger partial charge in [-0.1, -0.05) is 31.2 Å². The molecule has 1 N–H and O–H groups in total. The van der Waals surface area contributed by atoms with Crippen LogP contribution in [0.1, 0.15) is 43.9 Å². The summed E-state index contributed by atoms with van der Waals surface area (Å²) in [5, 5.41) is 9.97. The van der Waals surface area contributed by atoms with E-state index in [0.29, 0.717) is 0 Å². The quantitative estimate of drug-likeness (QED) is 0.801. The van der Waals surface area contributed by atoms with Gasteiger partial charge in [-0.3, -0.25) is 0 Å². The summed E-state index contributed by atoms with van der Waals surface area (Å²) in [4.78, 5) is 0. The highest BCUT2D eigenvalue weighted by Gasteiger charge is 2.09. The average molecular weight is 222 g/mol. The molecule has 0 heterocycles. The summed E-state index contributed by atoms with van der Waals surface area (Å²) in [6, 6.07) is 8.19. The molecule has 2 nitrogen and oxygen atoms in total. The van der Waals surface area contributed by atoms with Gasteiger partial charge in [0.15, 0.2) is 0 Å². The Labute approximate surface area is 98.3 Å². The molecule has 1 rings (SSSR count). The Bertz CT molecular complexity index is 292. The fourth-order valence-corrected chi connectivity index (χ4v) is 1.65. The first-order chi connectivity index (χ1) is 7.67. The molecule has 1 aromatic carbocycles. The van der Waals surface area contributed by atoms with Gasteiger partial charge in [-0.2, -0.15) is 0 Å². The van der Waals surface area contributed by atoms with Gasteiger partial charge >= 0.3 is 0 Å². The molecular formula is C14H22O2. The summed E-state index contributed by atoms with van der Waals surface area (Å²) in [6.07, 6.45) is 2.51. The standard InChI is InChI=1S/C14H22O2/c1-4-12-6-8-13(9-7-12)14(15)10-5-11(2)16-3/h6-9,11,14-15H,4-5,10H2,1-3H3. The van der Waals surface area contributed by atoms with Crippen LogP contribution in [0.4, 0.5) is 0 Å². The van der Waals surface area contributed by atoms with Crippen molar-refractivity contribution < 1.29 is 9.84 Å². The Kier molecular flexibility index (Phi) is 5.50. The summed E-state index contributed by atoms with van der Waals surface area (Å²) < 4.78 is 5.16. The zero-order valence-electron chi connectivity index (χ0n) is 10.4. The van der Waals surface area contributed by atoms with E-state index in [1.54, 1.807) is 7.11 Å². The lowest BCUT2D eigenvalue weighted by Gasteiger charge is -2.14. The fourth-order valence-electron chi connectivity index (χ4n) is 1.65. The number of aryl methyl sites for hydroxylation is 1. The molecule has 0 saturated carbocycles. The normalized spacial score (nSPS) is 14.8. The maximum absolute atomic E-state index is 9.97. The van der Waals surface area contributed by atoms with E-state index < -0.39 is 0 Å². The molecule has 2 atom stereocenters. The van der Waals surface area contributed by atoms with Crippen molar-refractivity contribution in [2.24, 2.45) is 0 Å². The van der Waals surface area contributed by atoms with E-state index in [0.717, 1.165) is 24.8 Å². The molecule has 1 aromatic rings. The second kappa shape index (κ2) is 6.66. The summed E-state index contributed by atoms with van der Waals surface area (Å²) in [5.74, 6) is 0. The van der Waals surface area contributed by atoms with Gasteiger partial charge in [0.2, 0.25) is 0 Å². The van der Waals surface area contributed by atoms with Gasteiger partial charge in [0.25, 0.3) is 0 Å². The first-order valence-corrected chi connectivity index (χ1v) is 5.97. The summed E-state index contributed by atoms with van der Waals surface area (Å²) in [5.41, 5.74) is 2.31. The number of aliphatic hydroxyl groups excluding tert-OH is 1. The summed E-state index contributed by atoms with van der Waals surface area (Å²) in [6.45, 7) is 4.15. The van der Waals surface area contributed by atoms with Crippen LogP contribution in [0.2, 0.25) is 0 Å². The lowest BCUT2D eigenvalue weighted by Crippen LogP contribution is -2.07. The van der Waals surface area contributed by atoms with Crippen molar-refractivity contribution in [1.82, 2.24) is 0 Å². The van der Waals surface area contributed by atoms with E-state index in [-0.39, 0.29) is 12.2 Å². The first kappa shape index (κ1) is 13.2. The molecule has 0 aromatic heterocycles.